The standard InChI is InChI=1S/C15H16F2N2O/c1-18-15(11-7-12(20-2)9-19-8-11)6-10-3-4-13(16)14(17)5-10/h3-5,7-9,15,18H,6H2,1-2H3. The summed E-state index contributed by atoms with van der Waals surface area (Å²) in [5.74, 6) is -1.01. The number of hydrogen-bond donors (Lipinski definition) is 1. The second-order valence-electron chi connectivity index (χ2n) is 4.45. The first-order valence-electron chi connectivity index (χ1n) is 6.24. The van der Waals surface area contributed by atoms with Crippen molar-refractivity contribution < 1.29 is 13.5 Å². The Kier molecular flexibility index (Phi) is 4.63. The summed E-state index contributed by atoms with van der Waals surface area (Å²) in [6.07, 6.45) is 3.87. The number of rotatable bonds is 5. The van der Waals surface area contributed by atoms with Crippen molar-refractivity contribution in [2.75, 3.05) is 14.2 Å². The van der Waals surface area contributed by atoms with Crippen LogP contribution in [0, 0.1) is 11.6 Å². The SMILES string of the molecule is CNC(Cc1ccc(F)c(F)c1)c1cncc(OC)c1. The number of halogens is 2. The van der Waals surface area contributed by atoms with Gasteiger partial charge in [0.2, 0.25) is 0 Å². The molecule has 2 rings (SSSR count). The zero-order valence-corrected chi connectivity index (χ0v) is 11.4. The zero-order valence-electron chi connectivity index (χ0n) is 11.4. The lowest BCUT2D eigenvalue weighted by Crippen LogP contribution is -2.19. The van der Waals surface area contributed by atoms with Crippen LogP contribution in [0.15, 0.2) is 36.7 Å². The van der Waals surface area contributed by atoms with Crippen molar-refractivity contribution in [1.29, 1.82) is 0 Å². The second-order valence-corrected chi connectivity index (χ2v) is 4.45. The number of methoxy groups -OCH3 is 1. The van der Waals surface area contributed by atoms with E-state index in [2.05, 4.69) is 10.3 Å². The van der Waals surface area contributed by atoms with Crippen LogP contribution >= 0.6 is 0 Å². The Hall–Kier alpha value is -2.01. The highest BCUT2D eigenvalue weighted by atomic mass is 19.2. The normalized spacial score (nSPS) is 12.2. The molecule has 20 heavy (non-hydrogen) atoms. The van der Waals surface area contributed by atoms with Crippen LogP contribution in [-0.2, 0) is 6.42 Å². The third-order valence-corrected chi connectivity index (χ3v) is 3.14. The molecule has 0 radical (unpaired) electrons. The van der Waals surface area contributed by atoms with E-state index in [9.17, 15) is 8.78 Å². The fourth-order valence-electron chi connectivity index (χ4n) is 2.03. The summed E-state index contributed by atoms with van der Waals surface area (Å²) in [4.78, 5) is 4.10. The molecule has 1 aromatic heterocycles. The summed E-state index contributed by atoms with van der Waals surface area (Å²) < 4.78 is 31.3. The molecule has 0 aliphatic rings. The van der Waals surface area contributed by atoms with E-state index >= 15 is 0 Å². The monoisotopic (exact) mass is 278 g/mol. The van der Waals surface area contributed by atoms with E-state index in [0.717, 1.165) is 11.6 Å². The van der Waals surface area contributed by atoms with Gasteiger partial charge >= 0.3 is 0 Å². The van der Waals surface area contributed by atoms with Crippen molar-refractivity contribution >= 4 is 0 Å². The molecule has 0 amide bonds. The molecule has 0 bridgehead atoms. The Labute approximate surface area is 116 Å². The smallest absolute Gasteiger partial charge is 0.159 e. The molecule has 0 saturated carbocycles. The molecule has 0 saturated heterocycles. The average molecular weight is 278 g/mol. The van der Waals surface area contributed by atoms with Crippen molar-refractivity contribution in [3.05, 3.63) is 59.4 Å². The van der Waals surface area contributed by atoms with Gasteiger partial charge in [-0.1, -0.05) is 6.07 Å². The van der Waals surface area contributed by atoms with Gasteiger partial charge in [-0.15, -0.1) is 0 Å². The lowest BCUT2D eigenvalue weighted by molar-refractivity contribution is 0.411. The predicted octanol–water partition coefficient (Wildman–Crippen LogP) is 2.87. The van der Waals surface area contributed by atoms with E-state index < -0.39 is 11.6 Å². The molecule has 0 aliphatic heterocycles. The molecule has 106 valence electrons. The molecular formula is C15H16F2N2O. The van der Waals surface area contributed by atoms with Gasteiger partial charge in [-0.05, 0) is 42.8 Å². The van der Waals surface area contributed by atoms with Crippen LogP contribution in [0.3, 0.4) is 0 Å². The average Bonchev–Trinajstić information content (AvgIpc) is 2.48. The van der Waals surface area contributed by atoms with Crippen LogP contribution in [0.4, 0.5) is 8.78 Å². The minimum Gasteiger partial charge on any atom is -0.495 e. The number of nitrogens with zero attached hydrogens (tertiary/aromatic N) is 1. The van der Waals surface area contributed by atoms with Gasteiger partial charge in [0.05, 0.1) is 13.3 Å². The Morgan fingerprint density at radius 3 is 2.65 bits per heavy atom. The van der Waals surface area contributed by atoms with Gasteiger partial charge in [-0.25, -0.2) is 8.78 Å². The molecule has 0 fully saturated rings. The summed E-state index contributed by atoms with van der Waals surface area (Å²) in [7, 11) is 3.38. The first-order chi connectivity index (χ1) is 9.63. The number of ether oxygens (including phenoxy) is 1. The maximum absolute atomic E-state index is 13.2. The van der Waals surface area contributed by atoms with Crippen molar-refractivity contribution in [1.82, 2.24) is 10.3 Å². The van der Waals surface area contributed by atoms with Crippen LogP contribution in [0.5, 0.6) is 5.75 Å². The van der Waals surface area contributed by atoms with Crippen LogP contribution in [-0.4, -0.2) is 19.1 Å². The van der Waals surface area contributed by atoms with E-state index in [4.69, 9.17) is 4.74 Å². The quantitative estimate of drug-likeness (QED) is 0.913. The first-order valence-corrected chi connectivity index (χ1v) is 6.24. The highest BCUT2D eigenvalue weighted by Gasteiger charge is 2.13. The third kappa shape index (κ3) is 3.30. The van der Waals surface area contributed by atoms with E-state index in [0.29, 0.717) is 17.7 Å². The van der Waals surface area contributed by atoms with Gasteiger partial charge in [-0.3, -0.25) is 4.98 Å². The van der Waals surface area contributed by atoms with E-state index in [1.807, 2.05) is 13.1 Å². The summed E-state index contributed by atoms with van der Waals surface area (Å²) in [6.45, 7) is 0. The molecule has 3 nitrogen and oxygen atoms in total. The molecule has 0 aliphatic carbocycles. The number of likely N-dealkylation sites (N-methyl/N-ethyl adjacent to an activating group) is 1. The zero-order chi connectivity index (χ0) is 14.5. The topological polar surface area (TPSA) is 34.2 Å². The number of pyridine rings is 1. The van der Waals surface area contributed by atoms with Gasteiger partial charge in [0.15, 0.2) is 11.6 Å². The summed E-state index contributed by atoms with van der Waals surface area (Å²) >= 11 is 0. The van der Waals surface area contributed by atoms with Gasteiger partial charge in [0.25, 0.3) is 0 Å². The van der Waals surface area contributed by atoms with Crippen LogP contribution in [0.25, 0.3) is 0 Å². The minimum atomic E-state index is -0.835. The Morgan fingerprint density at radius 1 is 1.20 bits per heavy atom. The first kappa shape index (κ1) is 14.4. The van der Waals surface area contributed by atoms with E-state index in [1.165, 1.54) is 6.07 Å². The molecule has 0 spiro atoms. The van der Waals surface area contributed by atoms with Crippen molar-refractivity contribution in [3.8, 4) is 5.75 Å². The van der Waals surface area contributed by atoms with E-state index in [-0.39, 0.29) is 6.04 Å². The molecule has 1 heterocycles. The Bertz CT molecular complexity index is 590. The number of nitrogens with one attached hydrogen (secondary N) is 1. The maximum atomic E-state index is 13.2. The molecule has 1 unspecified atom stereocenters. The van der Waals surface area contributed by atoms with Gasteiger partial charge < -0.3 is 10.1 Å². The molecule has 1 aromatic carbocycles. The molecule has 1 atom stereocenters. The summed E-state index contributed by atoms with van der Waals surface area (Å²) in [6, 6.07) is 5.75. The number of aromatic nitrogens is 1. The number of hydrogen-bond acceptors (Lipinski definition) is 3. The second kappa shape index (κ2) is 6.43. The maximum Gasteiger partial charge on any atom is 0.159 e. The van der Waals surface area contributed by atoms with Crippen molar-refractivity contribution in [2.45, 2.75) is 12.5 Å². The largest absolute Gasteiger partial charge is 0.495 e. The van der Waals surface area contributed by atoms with Crippen LogP contribution < -0.4 is 10.1 Å². The highest BCUT2D eigenvalue weighted by molar-refractivity contribution is 5.28. The minimum absolute atomic E-state index is 0.0533. The fourth-order valence-corrected chi connectivity index (χ4v) is 2.03. The summed E-state index contributed by atoms with van der Waals surface area (Å²) in [5.41, 5.74) is 1.64. The fraction of sp³-hybridized carbons (Fsp3) is 0.267. The third-order valence-electron chi connectivity index (χ3n) is 3.14. The van der Waals surface area contributed by atoms with Crippen molar-refractivity contribution in [3.63, 3.8) is 0 Å². The Balaban J connectivity index is 2.21. The van der Waals surface area contributed by atoms with Gasteiger partial charge in [0, 0.05) is 12.2 Å². The predicted molar refractivity (Wildman–Crippen MR) is 72.7 cm³/mol. The molecule has 5 heteroatoms. The molecule has 1 N–H and O–H groups in total. The van der Waals surface area contributed by atoms with Crippen LogP contribution in [0.1, 0.15) is 17.2 Å². The molecule has 2 aromatic rings. The Morgan fingerprint density at radius 2 is 2.00 bits per heavy atom. The van der Waals surface area contributed by atoms with Crippen LogP contribution in [0.2, 0.25) is 0 Å². The lowest BCUT2D eigenvalue weighted by Gasteiger charge is -2.17. The van der Waals surface area contributed by atoms with Crippen molar-refractivity contribution in [2.24, 2.45) is 0 Å². The molecular weight excluding hydrogens is 262 g/mol. The van der Waals surface area contributed by atoms with E-state index in [1.54, 1.807) is 25.6 Å². The number of benzene rings is 1. The summed E-state index contributed by atoms with van der Waals surface area (Å²) in [5, 5.41) is 3.14. The highest BCUT2D eigenvalue weighted by Crippen LogP contribution is 2.22. The lowest BCUT2D eigenvalue weighted by atomic mass is 10.00. The van der Waals surface area contributed by atoms with Gasteiger partial charge in [-0.2, -0.15) is 0 Å². The van der Waals surface area contributed by atoms with Gasteiger partial charge in [0.1, 0.15) is 5.75 Å².